The minimum Gasteiger partial charge on any atom is -0.437 e. The molecule has 26 heavy (non-hydrogen) atoms. The van der Waals surface area contributed by atoms with Crippen LogP contribution in [0.2, 0.25) is 0 Å². The standard InChI is InChI=1S/C19H13N5O2/c25-19(22-13-4-2-1-3-5-13)16-8-9-18(24-23-16)26-14-6-7-15-17(12-14)21-11-10-20-15/h1-12H,(H,22,25). The van der Waals surface area contributed by atoms with Crippen LogP contribution in [-0.2, 0) is 0 Å². The number of aromatic nitrogens is 4. The lowest BCUT2D eigenvalue weighted by molar-refractivity contribution is 0.102. The lowest BCUT2D eigenvalue weighted by Crippen LogP contribution is -2.14. The van der Waals surface area contributed by atoms with Gasteiger partial charge in [-0.1, -0.05) is 18.2 Å². The third-order valence-corrected chi connectivity index (χ3v) is 3.57. The molecule has 0 fully saturated rings. The van der Waals surface area contributed by atoms with Gasteiger partial charge in [-0.25, -0.2) is 0 Å². The van der Waals surface area contributed by atoms with E-state index >= 15 is 0 Å². The summed E-state index contributed by atoms with van der Waals surface area (Å²) >= 11 is 0. The number of nitrogens with zero attached hydrogens (tertiary/aromatic N) is 4. The number of hydrogen-bond acceptors (Lipinski definition) is 6. The van der Waals surface area contributed by atoms with Gasteiger partial charge >= 0.3 is 0 Å². The highest BCUT2D eigenvalue weighted by Gasteiger charge is 2.09. The third-order valence-electron chi connectivity index (χ3n) is 3.57. The monoisotopic (exact) mass is 343 g/mol. The second-order valence-electron chi connectivity index (χ2n) is 5.39. The summed E-state index contributed by atoms with van der Waals surface area (Å²) < 4.78 is 5.67. The van der Waals surface area contributed by atoms with Crippen molar-refractivity contribution in [3.8, 4) is 11.6 Å². The van der Waals surface area contributed by atoms with Crippen LogP contribution in [-0.4, -0.2) is 26.1 Å². The van der Waals surface area contributed by atoms with Gasteiger partial charge < -0.3 is 10.1 Å². The number of anilines is 1. The molecule has 2 aromatic carbocycles. The molecule has 0 aliphatic rings. The summed E-state index contributed by atoms with van der Waals surface area (Å²) in [7, 11) is 0. The fourth-order valence-electron chi connectivity index (χ4n) is 2.34. The molecule has 0 saturated carbocycles. The molecule has 4 rings (SSSR count). The highest BCUT2D eigenvalue weighted by Crippen LogP contribution is 2.22. The molecule has 126 valence electrons. The van der Waals surface area contributed by atoms with E-state index in [9.17, 15) is 4.79 Å². The second kappa shape index (κ2) is 6.94. The first-order chi connectivity index (χ1) is 12.8. The molecule has 0 unspecified atom stereocenters. The number of benzene rings is 2. The maximum Gasteiger partial charge on any atom is 0.276 e. The number of amides is 1. The van der Waals surface area contributed by atoms with Crippen molar-refractivity contribution in [1.82, 2.24) is 20.2 Å². The van der Waals surface area contributed by atoms with E-state index in [2.05, 4.69) is 25.5 Å². The molecule has 0 bridgehead atoms. The van der Waals surface area contributed by atoms with Crippen molar-refractivity contribution in [3.05, 3.63) is 78.8 Å². The predicted molar refractivity (Wildman–Crippen MR) is 96.0 cm³/mol. The van der Waals surface area contributed by atoms with Crippen molar-refractivity contribution < 1.29 is 9.53 Å². The quantitative estimate of drug-likeness (QED) is 0.610. The highest BCUT2D eigenvalue weighted by molar-refractivity contribution is 6.02. The number of fused-ring (bicyclic) bond motifs is 1. The number of carbonyl (C=O) groups is 1. The summed E-state index contributed by atoms with van der Waals surface area (Å²) in [6, 6.07) is 17.6. The molecular formula is C19H13N5O2. The second-order valence-corrected chi connectivity index (χ2v) is 5.39. The molecule has 0 aliphatic carbocycles. The van der Waals surface area contributed by atoms with Gasteiger partial charge in [0, 0.05) is 30.2 Å². The summed E-state index contributed by atoms with van der Waals surface area (Å²) in [5.41, 5.74) is 2.39. The Balaban J connectivity index is 1.47. The van der Waals surface area contributed by atoms with Gasteiger partial charge in [-0.05, 0) is 30.3 Å². The van der Waals surface area contributed by atoms with E-state index < -0.39 is 0 Å². The number of nitrogens with one attached hydrogen (secondary N) is 1. The van der Waals surface area contributed by atoms with E-state index in [1.54, 1.807) is 48.8 Å². The molecule has 7 heteroatoms. The van der Waals surface area contributed by atoms with Gasteiger partial charge in [-0.15, -0.1) is 10.2 Å². The Morgan fingerprint density at radius 2 is 1.65 bits per heavy atom. The normalized spacial score (nSPS) is 10.5. The molecule has 0 radical (unpaired) electrons. The topological polar surface area (TPSA) is 89.9 Å². The van der Waals surface area contributed by atoms with Crippen LogP contribution >= 0.6 is 0 Å². The fraction of sp³-hybridized carbons (Fsp3) is 0. The lowest BCUT2D eigenvalue weighted by atomic mass is 10.3. The first-order valence-corrected chi connectivity index (χ1v) is 7.87. The SMILES string of the molecule is O=C(Nc1ccccc1)c1ccc(Oc2ccc3nccnc3c2)nn1. The molecule has 2 aromatic heterocycles. The van der Waals surface area contributed by atoms with Crippen molar-refractivity contribution in [3.63, 3.8) is 0 Å². The van der Waals surface area contributed by atoms with Crippen LogP contribution in [0.1, 0.15) is 10.5 Å². The molecule has 1 amide bonds. The lowest BCUT2D eigenvalue weighted by Gasteiger charge is -2.06. The first-order valence-electron chi connectivity index (χ1n) is 7.87. The Labute approximate surface area is 148 Å². The van der Waals surface area contributed by atoms with Crippen LogP contribution in [0.25, 0.3) is 11.0 Å². The summed E-state index contributed by atoms with van der Waals surface area (Å²) in [6.45, 7) is 0. The molecule has 0 saturated heterocycles. The van der Waals surface area contributed by atoms with E-state index in [4.69, 9.17) is 4.74 Å². The summed E-state index contributed by atoms with van der Waals surface area (Å²) in [4.78, 5) is 20.6. The van der Waals surface area contributed by atoms with E-state index in [1.807, 2.05) is 24.3 Å². The average Bonchev–Trinajstić information content (AvgIpc) is 2.69. The molecule has 7 nitrogen and oxygen atoms in total. The number of carbonyl (C=O) groups excluding carboxylic acids is 1. The van der Waals surface area contributed by atoms with E-state index in [0.29, 0.717) is 11.4 Å². The Hall–Kier alpha value is -3.87. The van der Waals surface area contributed by atoms with Crippen LogP contribution in [0, 0.1) is 0 Å². The highest BCUT2D eigenvalue weighted by atomic mass is 16.5. The zero-order chi connectivity index (χ0) is 17.8. The fourth-order valence-corrected chi connectivity index (χ4v) is 2.34. The van der Waals surface area contributed by atoms with Crippen LogP contribution < -0.4 is 10.1 Å². The number of rotatable bonds is 4. The van der Waals surface area contributed by atoms with E-state index in [1.165, 1.54) is 0 Å². The Morgan fingerprint density at radius 3 is 2.42 bits per heavy atom. The minimum atomic E-state index is -0.337. The number of para-hydroxylation sites is 1. The largest absolute Gasteiger partial charge is 0.437 e. The van der Waals surface area contributed by atoms with Crippen LogP contribution in [0.15, 0.2) is 73.1 Å². The van der Waals surface area contributed by atoms with Crippen molar-refractivity contribution in [2.75, 3.05) is 5.32 Å². The number of ether oxygens (including phenoxy) is 1. The van der Waals surface area contributed by atoms with Gasteiger partial charge in [0.15, 0.2) is 5.69 Å². The van der Waals surface area contributed by atoms with Gasteiger partial charge in [0.2, 0.25) is 5.88 Å². The summed E-state index contributed by atoms with van der Waals surface area (Å²) in [6.07, 6.45) is 3.25. The average molecular weight is 343 g/mol. The van der Waals surface area contributed by atoms with Crippen molar-refractivity contribution in [2.24, 2.45) is 0 Å². The van der Waals surface area contributed by atoms with Gasteiger partial charge in [0.25, 0.3) is 5.91 Å². The van der Waals surface area contributed by atoms with Crippen LogP contribution in [0.3, 0.4) is 0 Å². The number of hydrogen-bond donors (Lipinski definition) is 1. The van der Waals surface area contributed by atoms with Crippen LogP contribution in [0.5, 0.6) is 11.6 Å². The molecule has 2 heterocycles. The molecule has 0 aliphatic heterocycles. The van der Waals surface area contributed by atoms with Gasteiger partial charge in [0.05, 0.1) is 11.0 Å². The summed E-state index contributed by atoms with van der Waals surface area (Å²) in [5, 5.41) is 10.6. The molecule has 0 spiro atoms. The maximum absolute atomic E-state index is 12.2. The van der Waals surface area contributed by atoms with Crippen LogP contribution in [0.4, 0.5) is 5.69 Å². The maximum atomic E-state index is 12.2. The Bertz CT molecular complexity index is 1050. The molecule has 4 aromatic rings. The van der Waals surface area contributed by atoms with Gasteiger partial charge in [-0.3, -0.25) is 14.8 Å². The van der Waals surface area contributed by atoms with Gasteiger partial charge in [-0.2, -0.15) is 0 Å². The molecule has 0 atom stereocenters. The van der Waals surface area contributed by atoms with E-state index in [0.717, 1.165) is 11.0 Å². The first kappa shape index (κ1) is 15.6. The van der Waals surface area contributed by atoms with E-state index in [-0.39, 0.29) is 17.5 Å². The van der Waals surface area contributed by atoms with Gasteiger partial charge in [0.1, 0.15) is 5.75 Å². The third kappa shape index (κ3) is 3.46. The molecule has 1 N–H and O–H groups in total. The predicted octanol–water partition coefficient (Wildman–Crippen LogP) is 3.46. The minimum absolute atomic E-state index is 0.200. The zero-order valence-electron chi connectivity index (χ0n) is 13.5. The van der Waals surface area contributed by atoms with Crippen molar-refractivity contribution >= 4 is 22.6 Å². The summed E-state index contributed by atoms with van der Waals surface area (Å²) in [5.74, 6) is 0.509. The zero-order valence-corrected chi connectivity index (χ0v) is 13.5. The Kier molecular flexibility index (Phi) is 4.17. The Morgan fingerprint density at radius 1 is 0.846 bits per heavy atom. The van der Waals surface area contributed by atoms with Crippen molar-refractivity contribution in [1.29, 1.82) is 0 Å². The smallest absolute Gasteiger partial charge is 0.276 e. The van der Waals surface area contributed by atoms with Crippen molar-refractivity contribution in [2.45, 2.75) is 0 Å². The molecular weight excluding hydrogens is 330 g/mol.